The molecule has 10 heteroatoms. The molecule has 0 saturated carbocycles. The summed E-state index contributed by atoms with van der Waals surface area (Å²) in [7, 11) is 0. The molecule has 6 nitrogen and oxygen atoms in total. The van der Waals surface area contributed by atoms with E-state index in [1.54, 1.807) is 18.0 Å². The first kappa shape index (κ1) is 22.6. The van der Waals surface area contributed by atoms with Gasteiger partial charge in [-0.05, 0) is 48.9 Å². The van der Waals surface area contributed by atoms with E-state index in [2.05, 4.69) is 20.7 Å². The minimum Gasteiger partial charge on any atom is -0.493 e. The second-order valence-corrected chi connectivity index (χ2v) is 9.90. The number of rotatable bonds is 10. The molecule has 1 aromatic heterocycles. The summed E-state index contributed by atoms with van der Waals surface area (Å²) >= 11 is 10.4. The lowest BCUT2D eigenvalue weighted by Crippen LogP contribution is -2.19. The van der Waals surface area contributed by atoms with Gasteiger partial charge in [0.15, 0.2) is 4.34 Å². The van der Waals surface area contributed by atoms with Crippen molar-refractivity contribution in [3.8, 4) is 5.75 Å². The molecule has 0 aliphatic heterocycles. The van der Waals surface area contributed by atoms with Crippen LogP contribution in [0.4, 0.5) is 0 Å². The monoisotopic (exact) mass is 478 g/mol. The standard InChI is InChI=1S/C20H19ClN4O2S3/c1-14-23-25-20(30-14)29-13-19(26)24-22-12-15-3-2-4-17(11-15)27-9-10-28-18-7-5-16(21)6-8-18/h2-8,11-12H,9-10,13H2,1H3,(H,24,26)/b22-12-. The molecular formula is C20H19ClN4O2S3. The van der Waals surface area contributed by atoms with Crippen LogP contribution < -0.4 is 10.2 Å². The Morgan fingerprint density at radius 2 is 2.07 bits per heavy atom. The van der Waals surface area contributed by atoms with Gasteiger partial charge in [-0.2, -0.15) is 5.10 Å². The Bertz CT molecular complexity index is 996. The predicted octanol–water partition coefficient (Wildman–Crippen LogP) is 4.91. The van der Waals surface area contributed by atoms with Gasteiger partial charge in [-0.15, -0.1) is 22.0 Å². The Balaban J connectivity index is 1.38. The van der Waals surface area contributed by atoms with Crippen LogP contribution >= 0.6 is 46.5 Å². The van der Waals surface area contributed by atoms with Gasteiger partial charge in [-0.3, -0.25) is 4.79 Å². The third kappa shape index (κ3) is 7.98. The SMILES string of the molecule is Cc1nnc(SCC(=O)N/N=C\c2cccc(OCCSc3ccc(Cl)cc3)c2)s1. The summed E-state index contributed by atoms with van der Waals surface area (Å²) in [6.45, 7) is 2.45. The van der Waals surface area contributed by atoms with Crippen LogP contribution in [0.1, 0.15) is 10.6 Å². The molecule has 0 bridgehead atoms. The molecule has 1 amide bonds. The zero-order valence-corrected chi connectivity index (χ0v) is 19.3. The van der Waals surface area contributed by atoms with Crippen LogP contribution in [0.2, 0.25) is 5.02 Å². The number of benzene rings is 2. The highest BCUT2D eigenvalue weighted by atomic mass is 35.5. The maximum atomic E-state index is 11.9. The molecule has 1 heterocycles. The Hall–Kier alpha value is -2.07. The van der Waals surface area contributed by atoms with Crippen molar-refractivity contribution in [2.24, 2.45) is 5.10 Å². The maximum absolute atomic E-state index is 11.9. The molecule has 30 heavy (non-hydrogen) atoms. The van der Waals surface area contributed by atoms with E-state index in [-0.39, 0.29) is 11.7 Å². The Morgan fingerprint density at radius 3 is 2.83 bits per heavy atom. The molecule has 0 radical (unpaired) electrons. The Labute approximate surface area is 192 Å². The summed E-state index contributed by atoms with van der Waals surface area (Å²) < 4.78 is 6.57. The highest BCUT2D eigenvalue weighted by molar-refractivity contribution is 8.01. The first-order valence-electron chi connectivity index (χ1n) is 8.94. The van der Waals surface area contributed by atoms with Gasteiger partial charge >= 0.3 is 0 Å². The summed E-state index contributed by atoms with van der Waals surface area (Å²) in [4.78, 5) is 13.0. The van der Waals surface area contributed by atoms with Crippen molar-refractivity contribution in [2.75, 3.05) is 18.1 Å². The Morgan fingerprint density at radius 1 is 1.23 bits per heavy atom. The normalized spacial score (nSPS) is 11.0. The van der Waals surface area contributed by atoms with E-state index >= 15 is 0 Å². The average molecular weight is 479 g/mol. The molecule has 1 N–H and O–H groups in total. The molecule has 0 fully saturated rings. The summed E-state index contributed by atoms with van der Waals surface area (Å²) in [5.41, 5.74) is 3.35. The lowest BCUT2D eigenvalue weighted by molar-refractivity contribution is -0.118. The van der Waals surface area contributed by atoms with E-state index in [0.717, 1.165) is 36.3 Å². The number of amides is 1. The highest BCUT2D eigenvalue weighted by Crippen LogP contribution is 2.22. The molecule has 2 aromatic carbocycles. The third-order valence-corrected chi connectivity index (χ3v) is 6.73. The van der Waals surface area contributed by atoms with Crippen LogP contribution in [-0.4, -0.2) is 40.4 Å². The molecule has 3 rings (SSSR count). The van der Waals surface area contributed by atoms with E-state index in [0.29, 0.717) is 6.61 Å². The van der Waals surface area contributed by atoms with Crippen LogP contribution in [0, 0.1) is 6.92 Å². The number of ether oxygens (including phenoxy) is 1. The molecule has 156 valence electrons. The number of nitrogens with zero attached hydrogens (tertiary/aromatic N) is 3. The zero-order valence-electron chi connectivity index (χ0n) is 16.1. The summed E-state index contributed by atoms with van der Waals surface area (Å²) in [6.07, 6.45) is 1.59. The number of carbonyl (C=O) groups is 1. The lowest BCUT2D eigenvalue weighted by atomic mass is 10.2. The largest absolute Gasteiger partial charge is 0.493 e. The first-order valence-corrected chi connectivity index (χ1v) is 12.1. The van der Waals surface area contributed by atoms with Crippen molar-refractivity contribution in [2.45, 2.75) is 16.2 Å². The summed E-state index contributed by atoms with van der Waals surface area (Å²) in [5, 5.41) is 13.5. The van der Waals surface area contributed by atoms with Crippen LogP contribution in [-0.2, 0) is 4.79 Å². The lowest BCUT2D eigenvalue weighted by Gasteiger charge is -2.07. The molecule has 3 aromatic rings. The van der Waals surface area contributed by atoms with Gasteiger partial charge in [0.25, 0.3) is 5.91 Å². The summed E-state index contributed by atoms with van der Waals surface area (Å²) in [6, 6.07) is 15.3. The minimum absolute atomic E-state index is 0.198. The van der Waals surface area contributed by atoms with Gasteiger partial charge < -0.3 is 4.74 Å². The highest BCUT2D eigenvalue weighted by Gasteiger charge is 2.05. The van der Waals surface area contributed by atoms with E-state index in [9.17, 15) is 4.79 Å². The van der Waals surface area contributed by atoms with Gasteiger partial charge in [-0.1, -0.05) is 46.8 Å². The van der Waals surface area contributed by atoms with Crippen LogP contribution in [0.5, 0.6) is 5.75 Å². The van der Waals surface area contributed by atoms with Crippen LogP contribution in [0.15, 0.2) is 62.9 Å². The average Bonchev–Trinajstić information content (AvgIpc) is 3.16. The maximum Gasteiger partial charge on any atom is 0.250 e. The molecular weight excluding hydrogens is 460 g/mol. The van der Waals surface area contributed by atoms with E-state index in [1.807, 2.05) is 55.5 Å². The quantitative estimate of drug-likeness (QED) is 0.193. The first-order chi connectivity index (χ1) is 14.6. The zero-order chi connectivity index (χ0) is 21.2. The summed E-state index contributed by atoms with van der Waals surface area (Å²) in [5.74, 6) is 1.61. The number of nitrogens with one attached hydrogen (secondary N) is 1. The molecule has 0 unspecified atom stereocenters. The number of hydrazone groups is 1. The van der Waals surface area contributed by atoms with E-state index in [4.69, 9.17) is 16.3 Å². The number of aromatic nitrogens is 2. The molecule has 0 aliphatic rings. The smallest absolute Gasteiger partial charge is 0.250 e. The topological polar surface area (TPSA) is 76.5 Å². The van der Waals surface area contributed by atoms with Gasteiger partial charge in [0.05, 0.1) is 18.6 Å². The van der Waals surface area contributed by atoms with Crippen molar-refractivity contribution < 1.29 is 9.53 Å². The van der Waals surface area contributed by atoms with Gasteiger partial charge in [0.1, 0.15) is 10.8 Å². The van der Waals surface area contributed by atoms with E-state index in [1.165, 1.54) is 23.1 Å². The number of hydrogen-bond acceptors (Lipinski definition) is 8. The third-order valence-electron chi connectivity index (χ3n) is 3.53. The second-order valence-electron chi connectivity index (χ2n) is 5.89. The molecule has 0 aliphatic carbocycles. The van der Waals surface area contributed by atoms with Crippen molar-refractivity contribution in [1.29, 1.82) is 0 Å². The van der Waals surface area contributed by atoms with Gasteiger partial charge in [0, 0.05) is 15.7 Å². The Kier molecular flexibility index (Phi) is 9.00. The van der Waals surface area contributed by atoms with Crippen molar-refractivity contribution in [3.05, 3.63) is 64.1 Å². The number of carbonyl (C=O) groups excluding carboxylic acids is 1. The fourth-order valence-electron chi connectivity index (χ4n) is 2.21. The van der Waals surface area contributed by atoms with Crippen LogP contribution in [0.25, 0.3) is 0 Å². The minimum atomic E-state index is -0.198. The molecule has 0 saturated heterocycles. The number of hydrogen-bond donors (Lipinski definition) is 1. The number of halogens is 1. The van der Waals surface area contributed by atoms with E-state index < -0.39 is 0 Å². The fraction of sp³-hybridized carbons (Fsp3) is 0.200. The molecule has 0 atom stereocenters. The number of thioether (sulfide) groups is 2. The van der Waals surface area contributed by atoms with Crippen molar-refractivity contribution >= 4 is 58.6 Å². The van der Waals surface area contributed by atoms with Crippen molar-refractivity contribution in [1.82, 2.24) is 15.6 Å². The fourth-order valence-corrected chi connectivity index (χ4v) is 4.67. The number of aryl methyl sites for hydroxylation is 1. The molecule has 0 spiro atoms. The van der Waals surface area contributed by atoms with Crippen molar-refractivity contribution in [3.63, 3.8) is 0 Å². The predicted molar refractivity (Wildman–Crippen MR) is 125 cm³/mol. The van der Waals surface area contributed by atoms with Crippen LogP contribution in [0.3, 0.4) is 0 Å². The van der Waals surface area contributed by atoms with Gasteiger partial charge in [-0.25, -0.2) is 5.43 Å². The second kappa shape index (κ2) is 11.9. The van der Waals surface area contributed by atoms with Gasteiger partial charge in [0.2, 0.25) is 0 Å².